The molecule has 0 spiro atoms. The molecule has 2 aromatic carbocycles. The minimum absolute atomic E-state index is 0.230. The zero-order chi connectivity index (χ0) is 17.7. The Morgan fingerprint density at radius 2 is 2.00 bits per heavy atom. The standard InChI is InChI=1S/C18H18BrNO4/c1-11-4-5-15(12(2)6-11)20-17(22)10-24-18-13(9-21)7-14(19)8-16(18)23-3/h4-9H,10H2,1-3H3,(H,20,22). The zero-order valence-corrected chi connectivity index (χ0v) is 15.3. The lowest BCUT2D eigenvalue weighted by molar-refractivity contribution is -0.118. The quantitative estimate of drug-likeness (QED) is 0.758. The molecule has 0 radical (unpaired) electrons. The molecule has 0 saturated heterocycles. The van der Waals surface area contributed by atoms with Crippen LogP contribution < -0.4 is 14.8 Å². The average molecular weight is 392 g/mol. The van der Waals surface area contributed by atoms with Crippen LogP contribution in [-0.4, -0.2) is 25.9 Å². The number of aryl methyl sites for hydroxylation is 2. The summed E-state index contributed by atoms with van der Waals surface area (Å²) >= 11 is 3.29. The molecule has 0 fully saturated rings. The lowest BCUT2D eigenvalue weighted by Crippen LogP contribution is -2.21. The molecule has 6 heteroatoms. The fourth-order valence-corrected chi connectivity index (χ4v) is 2.71. The van der Waals surface area contributed by atoms with E-state index in [1.165, 1.54) is 7.11 Å². The first-order valence-electron chi connectivity index (χ1n) is 7.27. The number of carbonyl (C=O) groups excluding carboxylic acids is 2. The highest BCUT2D eigenvalue weighted by atomic mass is 79.9. The molecular weight excluding hydrogens is 374 g/mol. The third kappa shape index (κ3) is 4.35. The number of amides is 1. The van der Waals surface area contributed by atoms with Crippen molar-refractivity contribution in [1.29, 1.82) is 0 Å². The second kappa shape index (κ2) is 7.97. The monoisotopic (exact) mass is 391 g/mol. The van der Waals surface area contributed by atoms with E-state index in [1.54, 1.807) is 12.1 Å². The van der Waals surface area contributed by atoms with E-state index in [4.69, 9.17) is 9.47 Å². The van der Waals surface area contributed by atoms with Crippen molar-refractivity contribution in [2.45, 2.75) is 13.8 Å². The van der Waals surface area contributed by atoms with E-state index in [1.807, 2.05) is 32.0 Å². The maximum absolute atomic E-state index is 12.1. The van der Waals surface area contributed by atoms with E-state index >= 15 is 0 Å². The lowest BCUT2D eigenvalue weighted by Gasteiger charge is -2.14. The Bertz CT molecular complexity index is 774. The highest BCUT2D eigenvalue weighted by Crippen LogP contribution is 2.34. The summed E-state index contributed by atoms with van der Waals surface area (Å²) in [5.74, 6) is 0.307. The van der Waals surface area contributed by atoms with E-state index in [2.05, 4.69) is 21.2 Å². The summed E-state index contributed by atoms with van der Waals surface area (Å²) in [6, 6.07) is 9.03. The molecule has 0 aromatic heterocycles. The number of hydrogen-bond acceptors (Lipinski definition) is 4. The van der Waals surface area contributed by atoms with Crippen LogP contribution in [0.4, 0.5) is 5.69 Å². The van der Waals surface area contributed by atoms with Crippen LogP contribution in [-0.2, 0) is 4.79 Å². The van der Waals surface area contributed by atoms with Gasteiger partial charge in [-0.2, -0.15) is 0 Å². The van der Waals surface area contributed by atoms with Crippen molar-refractivity contribution in [3.63, 3.8) is 0 Å². The number of nitrogens with one attached hydrogen (secondary N) is 1. The summed E-state index contributed by atoms with van der Waals surface area (Å²) in [4.78, 5) is 23.3. The second-order valence-corrected chi connectivity index (χ2v) is 6.22. The van der Waals surface area contributed by atoms with Gasteiger partial charge in [0, 0.05) is 10.2 Å². The summed E-state index contributed by atoms with van der Waals surface area (Å²) in [5.41, 5.74) is 3.13. The minimum Gasteiger partial charge on any atom is -0.493 e. The number of carbonyl (C=O) groups is 2. The van der Waals surface area contributed by atoms with Crippen molar-refractivity contribution in [1.82, 2.24) is 0 Å². The Morgan fingerprint density at radius 1 is 1.25 bits per heavy atom. The molecule has 0 bridgehead atoms. The number of methoxy groups -OCH3 is 1. The van der Waals surface area contributed by atoms with Crippen LogP contribution in [0.25, 0.3) is 0 Å². The average Bonchev–Trinajstić information content (AvgIpc) is 2.55. The second-order valence-electron chi connectivity index (χ2n) is 5.30. The Balaban J connectivity index is 2.10. The largest absolute Gasteiger partial charge is 0.493 e. The van der Waals surface area contributed by atoms with E-state index in [0.29, 0.717) is 22.1 Å². The van der Waals surface area contributed by atoms with Crippen molar-refractivity contribution in [2.24, 2.45) is 0 Å². The Hall–Kier alpha value is -2.34. The summed E-state index contributed by atoms with van der Waals surface area (Å²) in [7, 11) is 1.47. The predicted octanol–water partition coefficient (Wildman–Crippen LogP) is 3.90. The molecule has 0 saturated carbocycles. The highest BCUT2D eigenvalue weighted by Gasteiger charge is 2.14. The highest BCUT2D eigenvalue weighted by molar-refractivity contribution is 9.10. The third-order valence-electron chi connectivity index (χ3n) is 3.40. The number of benzene rings is 2. The topological polar surface area (TPSA) is 64.6 Å². The first-order valence-corrected chi connectivity index (χ1v) is 8.06. The SMILES string of the molecule is COc1cc(Br)cc(C=O)c1OCC(=O)Nc1ccc(C)cc1C. The van der Waals surface area contributed by atoms with Gasteiger partial charge in [0.05, 0.1) is 12.7 Å². The number of halogens is 1. The maximum Gasteiger partial charge on any atom is 0.262 e. The number of hydrogen-bond donors (Lipinski definition) is 1. The fraction of sp³-hybridized carbons (Fsp3) is 0.222. The molecule has 24 heavy (non-hydrogen) atoms. The summed E-state index contributed by atoms with van der Waals surface area (Å²) in [6.45, 7) is 3.68. The molecule has 126 valence electrons. The molecule has 0 heterocycles. The number of aldehydes is 1. The smallest absolute Gasteiger partial charge is 0.262 e. The van der Waals surface area contributed by atoms with Crippen LogP contribution in [0.1, 0.15) is 21.5 Å². The number of rotatable bonds is 6. The van der Waals surface area contributed by atoms with Crippen molar-refractivity contribution >= 4 is 33.8 Å². The van der Waals surface area contributed by atoms with Crippen LogP contribution in [0.15, 0.2) is 34.8 Å². The van der Waals surface area contributed by atoms with Crippen molar-refractivity contribution in [2.75, 3.05) is 19.0 Å². The van der Waals surface area contributed by atoms with Gasteiger partial charge in [-0.1, -0.05) is 33.6 Å². The molecule has 5 nitrogen and oxygen atoms in total. The molecule has 0 aliphatic heterocycles. The maximum atomic E-state index is 12.1. The summed E-state index contributed by atoms with van der Waals surface area (Å²) in [5, 5.41) is 2.79. The van der Waals surface area contributed by atoms with Gasteiger partial charge >= 0.3 is 0 Å². The molecule has 2 rings (SSSR count). The molecule has 0 unspecified atom stereocenters. The van der Waals surface area contributed by atoms with E-state index in [-0.39, 0.29) is 18.3 Å². The fourth-order valence-electron chi connectivity index (χ4n) is 2.26. The van der Waals surface area contributed by atoms with Crippen LogP contribution >= 0.6 is 15.9 Å². The number of anilines is 1. The molecule has 1 N–H and O–H groups in total. The van der Waals surface area contributed by atoms with Gasteiger partial charge in [0.25, 0.3) is 5.91 Å². The normalized spacial score (nSPS) is 10.2. The Morgan fingerprint density at radius 3 is 2.62 bits per heavy atom. The Kier molecular flexibility index (Phi) is 5.98. The first-order chi connectivity index (χ1) is 11.4. The summed E-state index contributed by atoms with van der Waals surface area (Å²) < 4.78 is 11.4. The van der Waals surface area contributed by atoms with E-state index in [9.17, 15) is 9.59 Å². The van der Waals surface area contributed by atoms with Crippen LogP contribution in [0.5, 0.6) is 11.5 Å². The predicted molar refractivity (Wildman–Crippen MR) is 96.1 cm³/mol. The van der Waals surface area contributed by atoms with Gasteiger partial charge in [-0.3, -0.25) is 9.59 Å². The third-order valence-corrected chi connectivity index (χ3v) is 3.86. The zero-order valence-electron chi connectivity index (χ0n) is 13.7. The molecule has 2 aromatic rings. The van der Waals surface area contributed by atoms with Crippen LogP contribution in [0.2, 0.25) is 0 Å². The Labute approximate surface area is 149 Å². The van der Waals surface area contributed by atoms with E-state index in [0.717, 1.165) is 16.8 Å². The molecule has 0 aliphatic carbocycles. The van der Waals surface area contributed by atoms with E-state index < -0.39 is 0 Å². The molecular formula is C18H18BrNO4. The van der Waals surface area contributed by atoms with Gasteiger partial charge in [0.1, 0.15) is 0 Å². The van der Waals surface area contributed by atoms with Crippen molar-refractivity contribution in [3.05, 3.63) is 51.5 Å². The molecule has 0 aliphatic rings. The van der Waals surface area contributed by atoms with Gasteiger partial charge in [0.2, 0.25) is 0 Å². The minimum atomic E-state index is -0.316. The van der Waals surface area contributed by atoms with Crippen LogP contribution in [0, 0.1) is 13.8 Å². The van der Waals surface area contributed by atoms with Crippen molar-refractivity contribution in [3.8, 4) is 11.5 Å². The van der Waals surface area contributed by atoms with Crippen molar-refractivity contribution < 1.29 is 19.1 Å². The van der Waals surface area contributed by atoms with Crippen LogP contribution in [0.3, 0.4) is 0 Å². The van der Waals surface area contributed by atoms with Gasteiger partial charge in [-0.15, -0.1) is 0 Å². The molecule has 0 atom stereocenters. The van der Waals surface area contributed by atoms with Gasteiger partial charge in [0.15, 0.2) is 24.4 Å². The van der Waals surface area contributed by atoms with Gasteiger partial charge < -0.3 is 14.8 Å². The lowest BCUT2D eigenvalue weighted by atomic mass is 10.1. The molecule has 1 amide bonds. The van der Waals surface area contributed by atoms with Gasteiger partial charge in [-0.05, 0) is 37.6 Å². The number of ether oxygens (including phenoxy) is 2. The van der Waals surface area contributed by atoms with Gasteiger partial charge in [-0.25, -0.2) is 0 Å². The first kappa shape index (κ1) is 18.0. The summed E-state index contributed by atoms with van der Waals surface area (Å²) in [6.07, 6.45) is 0.657.